The van der Waals surface area contributed by atoms with E-state index in [0.717, 1.165) is 0 Å². The normalized spacial score (nSPS) is 10.4. The number of oxazole rings is 1. The van der Waals surface area contributed by atoms with Crippen LogP contribution in [0.2, 0.25) is 0 Å². The predicted molar refractivity (Wildman–Crippen MR) is 104 cm³/mol. The molecule has 2 heterocycles. The van der Waals surface area contributed by atoms with Gasteiger partial charge in [0.15, 0.2) is 5.69 Å². The molecule has 29 heavy (non-hydrogen) atoms. The second-order valence-corrected chi connectivity index (χ2v) is 6.21. The van der Waals surface area contributed by atoms with Crippen molar-refractivity contribution in [2.24, 2.45) is 0 Å². The molecule has 0 atom stereocenters. The molecule has 0 N–H and O–H groups in total. The molecule has 1 amide bonds. The van der Waals surface area contributed by atoms with Crippen LogP contribution in [0.25, 0.3) is 11.5 Å². The van der Waals surface area contributed by atoms with Gasteiger partial charge in [0.25, 0.3) is 5.91 Å². The van der Waals surface area contributed by atoms with E-state index < -0.39 is 11.9 Å². The molecular formula is C21H21N3O5. The number of hydrogen-bond acceptors (Lipinski definition) is 7. The van der Waals surface area contributed by atoms with E-state index in [1.54, 1.807) is 56.6 Å². The lowest BCUT2D eigenvalue weighted by Crippen LogP contribution is -2.36. The van der Waals surface area contributed by atoms with Gasteiger partial charge in [-0.25, -0.2) is 4.98 Å². The molecule has 0 unspecified atom stereocenters. The summed E-state index contributed by atoms with van der Waals surface area (Å²) in [4.78, 5) is 34.9. The van der Waals surface area contributed by atoms with Crippen molar-refractivity contribution >= 4 is 11.9 Å². The van der Waals surface area contributed by atoms with Gasteiger partial charge in [0.05, 0.1) is 26.5 Å². The molecule has 0 fully saturated rings. The van der Waals surface area contributed by atoms with Crippen LogP contribution in [-0.4, -0.2) is 47.5 Å². The minimum absolute atomic E-state index is 0.135. The van der Waals surface area contributed by atoms with Crippen LogP contribution < -0.4 is 4.74 Å². The van der Waals surface area contributed by atoms with Crippen molar-refractivity contribution in [1.82, 2.24) is 14.9 Å². The van der Waals surface area contributed by atoms with Crippen LogP contribution in [0.4, 0.5) is 0 Å². The monoisotopic (exact) mass is 395 g/mol. The number of benzene rings is 1. The number of ether oxygens (including phenoxy) is 2. The standard InChI is InChI=1S/C21H21N3O5/c1-14-19(23-20(29-14)15-7-9-17(27-2)10-8-15)21(26)24(13-18(25)28-3)12-16-6-4-5-11-22-16/h4-11H,12-13H2,1-3H3. The van der Waals surface area contributed by atoms with Crippen molar-refractivity contribution in [1.29, 1.82) is 0 Å². The summed E-state index contributed by atoms with van der Waals surface area (Å²) >= 11 is 0. The Morgan fingerprint density at radius 1 is 1.10 bits per heavy atom. The predicted octanol–water partition coefficient (Wildman–Crippen LogP) is 2.87. The average Bonchev–Trinajstić information content (AvgIpc) is 3.15. The molecule has 0 bridgehead atoms. The van der Waals surface area contributed by atoms with Crippen LogP contribution in [0.5, 0.6) is 5.75 Å². The molecule has 8 nitrogen and oxygen atoms in total. The minimum Gasteiger partial charge on any atom is -0.497 e. The zero-order valence-corrected chi connectivity index (χ0v) is 16.4. The Labute approximate surface area is 168 Å². The fourth-order valence-corrected chi connectivity index (χ4v) is 2.71. The molecule has 0 spiro atoms. The van der Waals surface area contributed by atoms with Crippen LogP contribution >= 0.6 is 0 Å². The van der Waals surface area contributed by atoms with E-state index in [9.17, 15) is 9.59 Å². The van der Waals surface area contributed by atoms with E-state index in [1.165, 1.54) is 12.0 Å². The smallest absolute Gasteiger partial charge is 0.325 e. The minimum atomic E-state index is -0.536. The van der Waals surface area contributed by atoms with Gasteiger partial charge in [-0.05, 0) is 43.3 Å². The summed E-state index contributed by atoms with van der Waals surface area (Å²) in [5, 5.41) is 0. The van der Waals surface area contributed by atoms with Gasteiger partial charge in [-0.1, -0.05) is 6.07 Å². The number of esters is 1. The fraction of sp³-hybridized carbons (Fsp3) is 0.238. The number of pyridine rings is 1. The largest absolute Gasteiger partial charge is 0.497 e. The molecular weight excluding hydrogens is 374 g/mol. The average molecular weight is 395 g/mol. The Morgan fingerprint density at radius 3 is 2.48 bits per heavy atom. The van der Waals surface area contributed by atoms with E-state index in [4.69, 9.17) is 13.9 Å². The number of amides is 1. The Morgan fingerprint density at radius 2 is 1.86 bits per heavy atom. The Hall–Kier alpha value is -3.68. The van der Waals surface area contributed by atoms with Gasteiger partial charge in [-0.2, -0.15) is 0 Å². The second-order valence-electron chi connectivity index (χ2n) is 6.21. The first-order valence-corrected chi connectivity index (χ1v) is 8.89. The number of carbonyl (C=O) groups is 2. The van der Waals surface area contributed by atoms with Gasteiger partial charge in [0.1, 0.15) is 18.1 Å². The number of carbonyl (C=O) groups excluding carboxylic acids is 2. The zero-order valence-electron chi connectivity index (χ0n) is 16.4. The number of rotatable bonds is 7. The van der Waals surface area contributed by atoms with Crippen molar-refractivity contribution in [2.75, 3.05) is 20.8 Å². The fourth-order valence-electron chi connectivity index (χ4n) is 2.71. The maximum atomic E-state index is 13.1. The van der Waals surface area contributed by atoms with Gasteiger partial charge < -0.3 is 18.8 Å². The topological polar surface area (TPSA) is 94.8 Å². The van der Waals surface area contributed by atoms with Crippen LogP contribution in [0.15, 0.2) is 53.1 Å². The van der Waals surface area contributed by atoms with E-state index in [0.29, 0.717) is 28.7 Å². The highest BCUT2D eigenvalue weighted by Gasteiger charge is 2.26. The van der Waals surface area contributed by atoms with Gasteiger partial charge >= 0.3 is 5.97 Å². The van der Waals surface area contributed by atoms with Crippen LogP contribution in [0.1, 0.15) is 21.9 Å². The number of hydrogen-bond donors (Lipinski definition) is 0. The third-order valence-electron chi connectivity index (χ3n) is 4.25. The highest BCUT2D eigenvalue weighted by molar-refractivity contribution is 5.95. The molecule has 1 aromatic carbocycles. The summed E-state index contributed by atoms with van der Waals surface area (Å²) < 4.78 is 15.6. The van der Waals surface area contributed by atoms with Crippen molar-refractivity contribution in [3.8, 4) is 17.2 Å². The van der Waals surface area contributed by atoms with Gasteiger partial charge in [-0.15, -0.1) is 0 Å². The molecule has 150 valence electrons. The summed E-state index contributed by atoms with van der Waals surface area (Å²) in [6.07, 6.45) is 1.62. The van der Waals surface area contributed by atoms with E-state index >= 15 is 0 Å². The van der Waals surface area contributed by atoms with E-state index in [-0.39, 0.29) is 18.8 Å². The number of aromatic nitrogens is 2. The van der Waals surface area contributed by atoms with Crippen molar-refractivity contribution in [2.45, 2.75) is 13.5 Å². The number of nitrogens with zero attached hydrogens (tertiary/aromatic N) is 3. The maximum absolute atomic E-state index is 13.1. The third kappa shape index (κ3) is 4.78. The summed E-state index contributed by atoms with van der Waals surface area (Å²) in [6.45, 7) is 1.57. The molecule has 0 saturated carbocycles. The molecule has 2 aromatic heterocycles. The van der Waals surface area contributed by atoms with Gasteiger partial charge in [-0.3, -0.25) is 14.6 Å². The third-order valence-corrected chi connectivity index (χ3v) is 4.25. The van der Waals surface area contributed by atoms with Crippen molar-refractivity contribution in [3.05, 3.63) is 65.8 Å². The summed E-state index contributed by atoms with van der Waals surface area (Å²) in [7, 11) is 2.85. The van der Waals surface area contributed by atoms with Crippen LogP contribution in [0, 0.1) is 6.92 Å². The van der Waals surface area contributed by atoms with E-state index in [2.05, 4.69) is 9.97 Å². The lowest BCUT2D eigenvalue weighted by Gasteiger charge is -2.20. The molecule has 3 aromatic rings. The van der Waals surface area contributed by atoms with E-state index in [1.807, 2.05) is 6.07 Å². The molecule has 0 aliphatic rings. The number of methoxy groups -OCH3 is 2. The molecule has 8 heteroatoms. The highest BCUT2D eigenvalue weighted by Crippen LogP contribution is 2.25. The second kappa shape index (κ2) is 9.01. The first kappa shape index (κ1) is 20.1. The number of aryl methyl sites for hydroxylation is 1. The quantitative estimate of drug-likeness (QED) is 0.568. The SMILES string of the molecule is COC(=O)CN(Cc1ccccn1)C(=O)c1nc(-c2ccc(OC)cc2)oc1C. The lowest BCUT2D eigenvalue weighted by atomic mass is 10.2. The van der Waals surface area contributed by atoms with Crippen molar-refractivity contribution in [3.63, 3.8) is 0 Å². The Kier molecular flexibility index (Phi) is 6.23. The van der Waals surface area contributed by atoms with Gasteiger partial charge in [0.2, 0.25) is 5.89 Å². The summed E-state index contributed by atoms with van der Waals surface area (Å²) in [5.74, 6) is 0.391. The lowest BCUT2D eigenvalue weighted by molar-refractivity contribution is -0.141. The first-order chi connectivity index (χ1) is 14.0. The molecule has 0 aliphatic heterocycles. The molecule has 0 radical (unpaired) electrons. The van der Waals surface area contributed by atoms with Gasteiger partial charge in [0, 0.05) is 11.8 Å². The highest BCUT2D eigenvalue weighted by atomic mass is 16.5. The Bertz CT molecular complexity index is 983. The zero-order chi connectivity index (χ0) is 20.8. The maximum Gasteiger partial charge on any atom is 0.325 e. The Balaban J connectivity index is 1.88. The molecule has 3 rings (SSSR count). The van der Waals surface area contributed by atoms with Crippen LogP contribution in [-0.2, 0) is 16.1 Å². The molecule has 0 saturated heterocycles. The molecule has 0 aliphatic carbocycles. The summed E-state index contributed by atoms with van der Waals surface area (Å²) in [6, 6.07) is 12.5. The first-order valence-electron chi connectivity index (χ1n) is 8.89. The van der Waals surface area contributed by atoms with Crippen LogP contribution in [0.3, 0.4) is 0 Å². The summed E-state index contributed by atoms with van der Waals surface area (Å²) in [5.41, 5.74) is 1.48. The van der Waals surface area contributed by atoms with Crippen molar-refractivity contribution < 1.29 is 23.5 Å².